The first kappa shape index (κ1) is 19.2. The number of fused-ring (bicyclic) bond motifs is 1. The molecule has 0 aliphatic carbocycles. The highest BCUT2D eigenvalue weighted by Crippen LogP contribution is 2.27. The summed E-state index contributed by atoms with van der Waals surface area (Å²) in [5, 5.41) is 2.57. The van der Waals surface area contributed by atoms with E-state index in [0.29, 0.717) is 0 Å². The number of halogens is 1. The standard InChI is InChI=1S/C20H18FN3O4/c21-17-18(23)16-12(7-4-8-14(16)28-20(17)27)19(26)13(24-15(25)10-22)9-11-5-2-1-3-6-11/h1-8,13H,9-10,22-23H2,(H,24,25)/t13-/m0/s1. The second-order valence-electron chi connectivity index (χ2n) is 6.17. The van der Waals surface area contributed by atoms with Crippen molar-refractivity contribution in [3.05, 3.63) is 75.9 Å². The van der Waals surface area contributed by atoms with Gasteiger partial charge in [-0.1, -0.05) is 42.5 Å². The van der Waals surface area contributed by atoms with Crippen LogP contribution in [0.1, 0.15) is 15.9 Å². The average Bonchev–Trinajstić information content (AvgIpc) is 2.71. The number of hydrogen-bond acceptors (Lipinski definition) is 6. The molecule has 1 heterocycles. The van der Waals surface area contributed by atoms with Gasteiger partial charge < -0.3 is 21.2 Å². The van der Waals surface area contributed by atoms with Gasteiger partial charge in [-0.2, -0.15) is 4.39 Å². The van der Waals surface area contributed by atoms with Gasteiger partial charge in [-0.25, -0.2) is 4.79 Å². The molecule has 0 unspecified atom stereocenters. The fraction of sp³-hybridized carbons (Fsp3) is 0.150. The van der Waals surface area contributed by atoms with Crippen molar-refractivity contribution in [3.63, 3.8) is 0 Å². The van der Waals surface area contributed by atoms with Crippen LogP contribution in [0.3, 0.4) is 0 Å². The van der Waals surface area contributed by atoms with Crippen LogP contribution in [0.4, 0.5) is 10.1 Å². The van der Waals surface area contributed by atoms with Crippen LogP contribution in [0.5, 0.6) is 0 Å². The van der Waals surface area contributed by atoms with Gasteiger partial charge in [0.25, 0.3) is 0 Å². The van der Waals surface area contributed by atoms with Crippen molar-refractivity contribution < 1.29 is 18.4 Å². The summed E-state index contributed by atoms with van der Waals surface area (Å²) in [5.41, 5.74) is 10.2. The molecule has 0 bridgehead atoms. The SMILES string of the molecule is NCC(=O)N[C@@H](Cc1ccccc1)C(=O)c1cccc2oc(=O)c(F)c(N)c12. The molecule has 28 heavy (non-hydrogen) atoms. The van der Waals surface area contributed by atoms with Crippen LogP contribution in [0.25, 0.3) is 11.0 Å². The fourth-order valence-corrected chi connectivity index (χ4v) is 2.96. The van der Waals surface area contributed by atoms with Crippen LogP contribution in [0, 0.1) is 5.82 Å². The molecular weight excluding hydrogens is 365 g/mol. The first-order chi connectivity index (χ1) is 13.4. The second kappa shape index (κ2) is 8.01. The van der Waals surface area contributed by atoms with E-state index in [1.165, 1.54) is 18.2 Å². The molecule has 144 valence electrons. The number of nitrogen functional groups attached to an aromatic ring is 1. The molecule has 3 rings (SSSR count). The molecule has 3 aromatic rings. The highest BCUT2D eigenvalue weighted by molar-refractivity contribution is 6.13. The van der Waals surface area contributed by atoms with Crippen LogP contribution in [0.2, 0.25) is 0 Å². The molecule has 0 aliphatic heterocycles. The molecule has 1 aromatic heterocycles. The van der Waals surface area contributed by atoms with Gasteiger partial charge in [-0.3, -0.25) is 9.59 Å². The minimum absolute atomic E-state index is 0.00957. The van der Waals surface area contributed by atoms with Gasteiger partial charge in [-0.05, 0) is 11.6 Å². The van der Waals surface area contributed by atoms with Crippen molar-refractivity contribution in [2.45, 2.75) is 12.5 Å². The smallest absolute Gasteiger partial charge is 0.374 e. The van der Waals surface area contributed by atoms with Gasteiger partial charge in [0.15, 0.2) is 5.78 Å². The van der Waals surface area contributed by atoms with E-state index in [0.717, 1.165) is 5.56 Å². The van der Waals surface area contributed by atoms with Crippen molar-refractivity contribution in [2.24, 2.45) is 5.73 Å². The lowest BCUT2D eigenvalue weighted by Gasteiger charge is -2.19. The Morgan fingerprint density at radius 2 is 1.82 bits per heavy atom. The molecule has 1 amide bonds. The number of carbonyl (C=O) groups excluding carboxylic acids is 2. The zero-order chi connectivity index (χ0) is 20.3. The second-order valence-corrected chi connectivity index (χ2v) is 6.17. The molecule has 7 nitrogen and oxygen atoms in total. The van der Waals surface area contributed by atoms with E-state index in [9.17, 15) is 18.8 Å². The lowest BCUT2D eigenvalue weighted by atomic mass is 9.94. The van der Waals surface area contributed by atoms with Gasteiger partial charge in [0.2, 0.25) is 11.7 Å². The quantitative estimate of drug-likeness (QED) is 0.436. The van der Waals surface area contributed by atoms with E-state index in [2.05, 4.69) is 5.32 Å². The van der Waals surface area contributed by atoms with Crippen molar-refractivity contribution in [3.8, 4) is 0 Å². The fourth-order valence-electron chi connectivity index (χ4n) is 2.96. The van der Waals surface area contributed by atoms with E-state index >= 15 is 0 Å². The molecule has 0 radical (unpaired) electrons. The molecular formula is C20H18FN3O4. The number of carbonyl (C=O) groups is 2. The summed E-state index contributed by atoms with van der Waals surface area (Å²) >= 11 is 0. The zero-order valence-corrected chi connectivity index (χ0v) is 14.8. The summed E-state index contributed by atoms with van der Waals surface area (Å²) in [6, 6.07) is 12.4. The van der Waals surface area contributed by atoms with E-state index in [4.69, 9.17) is 15.9 Å². The molecule has 5 N–H and O–H groups in total. The Labute approximate surface area is 159 Å². The predicted molar refractivity (Wildman–Crippen MR) is 102 cm³/mol. The Morgan fingerprint density at radius 3 is 2.50 bits per heavy atom. The van der Waals surface area contributed by atoms with Gasteiger partial charge >= 0.3 is 5.63 Å². The van der Waals surface area contributed by atoms with E-state index in [1.807, 2.05) is 30.3 Å². The van der Waals surface area contributed by atoms with Crippen molar-refractivity contribution >= 4 is 28.3 Å². The molecule has 0 saturated heterocycles. The lowest BCUT2D eigenvalue weighted by molar-refractivity contribution is -0.120. The van der Waals surface area contributed by atoms with Gasteiger partial charge in [0.05, 0.1) is 23.7 Å². The normalized spacial score (nSPS) is 11.9. The number of benzene rings is 2. The Balaban J connectivity index is 2.08. The molecule has 1 atom stereocenters. The molecule has 0 saturated carbocycles. The average molecular weight is 383 g/mol. The van der Waals surface area contributed by atoms with Crippen LogP contribution < -0.4 is 22.4 Å². The molecule has 0 aliphatic rings. The maximum Gasteiger partial charge on any atom is 0.374 e. The number of amides is 1. The summed E-state index contributed by atoms with van der Waals surface area (Å²) < 4.78 is 18.9. The van der Waals surface area contributed by atoms with Crippen molar-refractivity contribution in [2.75, 3.05) is 12.3 Å². The zero-order valence-electron chi connectivity index (χ0n) is 14.8. The number of nitrogens with two attached hydrogens (primary N) is 2. The number of anilines is 1. The van der Waals surface area contributed by atoms with Gasteiger partial charge in [0, 0.05) is 12.0 Å². The maximum absolute atomic E-state index is 14.0. The monoisotopic (exact) mass is 383 g/mol. The lowest BCUT2D eigenvalue weighted by Crippen LogP contribution is -2.45. The number of ketones is 1. The van der Waals surface area contributed by atoms with Crippen LogP contribution in [-0.4, -0.2) is 24.3 Å². The van der Waals surface area contributed by atoms with E-state index in [-0.39, 0.29) is 29.5 Å². The van der Waals surface area contributed by atoms with Gasteiger partial charge in [0.1, 0.15) is 5.58 Å². The molecule has 2 aromatic carbocycles. The van der Waals surface area contributed by atoms with Crippen LogP contribution in [0.15, 0.2) is 57.7 Å². The Hall–Kier alpha value is -3.52. The van der Waals surface area contributed by atoms with Crippen LogP contribution in [-0.2, 0) is 11.2 Å². The van der Waals surface area contributed by atoms with Gasteiger partial charge in [-0.15, -0.1) is 0 Å². The number of nitrogens with one attached hydrogen (secondary N) is 1. The number of Topliss-reactive ketones (excluding diaryl/α,β-unsaturated/α-hetero) is 1. The number of rotatable bonds is 6. The molecule has 0 fully saturated rings. The third-order valence-corrected chi connectivity index (χ3v) is 4.30. The molecule has 0 spiro atoms. The molecule has 8 heteroatoms. The van der Waals surface area contributed by atoms with Crippen molar-refractivity contribution in [1.29, 1.82) is 0 Å². The summed E-state index contributed by atoms with van der Waals surface area (Å²) in [4.78, 5) is 36.6. The van der Waals surface area contributed by atoms with E-state index < -0.39 is 34.9 Å². The minimum atomic E-state index is -1.27. The largest absolute Gasteiger partial charge is 0.420 e. The third kappa shape index (κ3) is 3.77. The summed E-state index contributed by atoms with van der Waals surface area (Å²) in [6.45, 7) is -0.292. The number of hydrogen-bond donors (Lipinski definition) is 3. The highest BCUT2D eigenvalue weighted by Gasteiger charge is 2.26. The first-order valence-electron chi connectivity index (χ1n) is 8.50. The van der Waals surface area contributed by atoms with Crippen molar-refractivity contribution in [1.82, 2.24) is 5.32 Å². The summed E-state index contributed by atoms with van der Waals surface area (Å²) in [6.07, 6.45) is 0.195. The summed E-state index contributed by atoms with van der Waals surface area (Å²) in [5.74, 6) is -2.28. The first-order valence-corrected chi connectivity index (χ1v) is 8.50. The van der Waals surface area contributed by atoms with E-state index in [1.54, 1.807) is 0 Å². The maximum atomic E-state index is 14.0. The predicted octanol–water partition coefficient (Wildman–Crippen LogP) is 1.38. The Bertz CT molecular complexity index is 1100. The van der Waals surface area contributed by atoms with Crippen LogP contribution >= 0.6 is 0 Å². The highest BCUT2D eigenvalue weighted by atomic mass is 19.1. The Kier molecular flexibility index (Phi) is 5.51. The summed E-state index contributed by atoms with van der Waals surface area (Å²) in [7, 11) is 0. The topological polar surface area (TPSA) is 128 Å². The third-order valence-electron chi connectivity index (χ3n) is 4.30. The minimum Gasteiger partial charge on any atom is -0.420 e. The Morgan fingerprint density at radius 1 is 1.11 bits per heavy atom.